The molecule has 0 radical (unpaired) electrons. The summed E-state index contributed by atoms with van der Waals surface area (Å²) in [6.07, 6.45) is -7.37. The van der Waals surface area contributed by atoms with E-state index in [0.717, 1.165) is 5.56 Å². The Bertz CT molecular complexity index is 1330. The molecule has 3 rings (SSSR count). The Kier molecular flexibility index (Phi) is 10.4. The molecule has 1 aliphatic heterocycles. The fourth-order valence-electron chi connectivity index (χ4n) is 4.45. The van der Waals surface area contributed by atoms with Gasteiger partial charge < -0.3 is 20.1 Å². The molecule has 0 unspecified atom stereocenters. The average molecular weight is 600 g/mol. The van der Waals surface area contributed by atoms with Crippen LogP contribution in [-0.4, -0.2) is 79.6 Å². The lowest BCUT2D eigenvalue weighted by molar-refractivity contribution is -0.142. The van der Waals surface area contributed by atoms with Crippen molar-refractivity contribution in [2.24, 2.45) is 5.92 Å². The summed E-state index contributed by atoms with van der Waals surface area (Å²) in [5, 5.41) is 12.2. The maximum Gasteiger partial charge on any atom is 0.389 e. The number of amides is 2. The number of hydrogen-bond acceptors (Lipinski definition) is 6. The van der Waals surface area contributed by atoms with Crippen molar-refractivity contribution in [3.8, 4) is 5.75 Å². The van der Waals surface area contributed by atoms with Crippen LogP contribution >= 0.6 is 0 Å². The highest BCUT2D eigenvalue weighted by molar-refractivity contribution is 7.89. The number of likely N-dealkylation sites (N-methyl/N-ethyl adjacent to an activating group) is 1. The molecular weight excluding hydrogens is 563 g/mol. The smallest absolute Gasteiger partial charge is 0.389 e. The van der Waals surface area contributed by atoms with E-state index in [9.17, 15) is 36.3 Å². The van der Waals surface area contributed by atoms with E-state index in [1.54, 1.807) is 19.1 Å². The number of rotatable bonds is 9. The lowest BCUT2D eigenvalue weighted by Crippen LogP contribution is -2.48. The standard InChI is InChI=1S/C28H36F3N3O6S/c1-18-5-8-23(9-6-18)41(38,39)33(4)16-25-19(2)15-34(20(3)17-35)27(37)14-21-13-22(7-10-24(21)40-25)32-26(36)11-12-28(29,30)31/h5-10,13,19-20,25,35H,11-12,14-17H2,1-4H3,(H,32,36)/t19-,20-,25+/m1/s1. The fourth-order valence-corrected chi connectivity index (χ4v) is 5.63. The monoisotopic (exact) mass is 599 g/mol. The van der Waals surface area contributed by atoms with Gasteiger partial charge in [0.25, 0.3) is 0 Å². The van der Waals surface area contributed by atoms with Crippen molar-refractivity contribution in [3.05, 3.63) is 53.6 Å². The molecule has 41 heavy (non-hydrogen) atoms. The molecule has 226 valence electrons. The van der Waals surface area contributed by atoms with Gasteiger partial charge >= 0.3 is 6.18 Å². The molecule has 0 saturated heterocycles. The van der Waals surface area contributed by atoms with Crippen LogP contribution in [0.25, 0.3) is 0 Å². The predicted octanol–water partition coefficient (Wildman–Crippen LogP) is 3.75. The molecule has 2 aromatic rings. The van der Waals surface area contributed by atoms with Gasteiger partial charge in [-0.05, 0) is 44.2 Å². The summed E-state index contributed by atoms with van der Waals surface area (Å²) in [5.74, 6) is -1.24. The van der Waals surface area contributed by atoms with Crippen LogP contribution in [0.4, 0.5) is 18.9 Å². The lowest BCUT2D eigenvalue weighted by Gasteiger charge is -2.33. The van der Waals surface area contributed by atoms with Crippen molar-refractivity contribution in [2.45, 2.75) is 63.3 Å². The molecule has 1 aliphatic rings. The second-order valence-electron chi connectivity index (χ2n) is 10.5. The molecule has 0 spiro atoms. The van der Waals surface area contributed by atoms with Gasteiger partial charge in [-0.25, -0.2) is 8.42 Å². The zero-order valence-corrected chi connectivity index (χ0v) is 24.3. The maximum atomic E-state index is 13.3. The number of nitrogens with zero attached hydrogens (tertiary/aromatic N) is 2. The summed E-state index contributed by atoms with van der Waals surface area (Å²) >= 11 is 0. The number of aliphatic hydroxyl groups is 1. The number of sulfonamides is 1. The highest BCUT2D eigenvalue weighted by Crippen LogP contribution is 2.30. The summed E-state index contributed by atoms with van der Waals surface area (Å²) in [7, 11) is -2.42. The zero-order chi connectivity index (χ0) is 30.5. The molecule has 0 fully saturated rings. The van der Waals surface area contributed by atoms with E-state index in [0.29, 0.717) is 5.56 Å². The Balaban J connectivity index is 1.92. The van der Waals surface area contributed by atoms with Gasteiger partial charge in [-0.2, -0.15) is 17.5 Å². The van der Waals surface area contributed by atoms with Gasteiger partial charge in [0.05, 0.1) is 36.9 Å². The van der Waals surface area contributed by atoms with Gasteiger partial charge in [0.15, 0.2) is 0 Å². The number of carbonyl (C=O) groups is 2. The molecule has 0 bridgehead atoms. The fraction of sp³-hybridized carbons (Fsp3) is 0.500. The van der Waals surface area contributed by atoms with E-state index in [2.05, 4.69) is 5.32 Å². The average Bonchev–Trinajstić information content (AvgIpc) is 2.94. The Morgan fingerprint density at radius 3 is 2.49 bits per heavy atom. The van der Waals surface area contributed by atoms with Gasteiger partial charge in [0, 0.05) is 37.2 Å². The minimum Gasteiger partial charge on any atom is -0.488 e. The number of nitrogens with one attached hydrogen (secondary N) is 1. The SMILES string of the molecule is Cc1ccc(S(=O)(=O)N(C)C[C@@H]2Oc3ccc(NC(=O)CCC(F)(F)F)cc3CC(=O)N([C@H](C)CO)C[C@H]2C)cc1. The predicted molar refractivity (Wildman–Crippen MR) is 147 cm³/mol. The van der Waals surface area contributed by atoms with Crippen molar-refractivity contribution in [3.63, 3.8) is 0 Å². The van der Waals surface area contributed by atoms with Crippen LogP contribution < -0.4 is 10.1 Å². The van der Waals surface area contributed by atoms with Crippen LogP contribution in [0.15, 0.2) is 47.4 Å². The zero-order valence-electron chi connectivity index (χ0n) is 23.4. The Labute approximate surface area is 238 Å². The van der Waals surface area contributed by atoms with E-state index < -0.39 is 47.1 Å². The highest BCUT2D eigenvalue weighted by atomic mass is 32.2. The van der Waals surface area contributed by atoms with Crippen LogP contribution in [0.5, 0.6) is 5.75 Å². The van der Waals surface area contributed by atoms with Gasteiger partial charge in [-0.1, -0.05) is 24.6 Å². The number of benzene rings is 2. The second-order valence-corrected chi connectivity index (χ2v) is 12.5. The minimum atomic E-state index is -4.47. The number of hydrogen-bond donors (Lipinski definition) is 2. The summed E-state index contributed by atoms with van der Waals surface area (Å²) in [4.78, 5) is 27.0. The number of carbonyl (C=O) groups excluding carboxylic acids is 2. The number of aryl methyl sites for hydroxylation is 1. The summed E-state index contributed by atoms with van der Waals surface area (Å²) < 4.78 is 71.6. The normalized spacial score (nSPS) is 19.0. The molecule has 2 amide bonds. The first kappa shape index (κ1) is 32.4. The molecule has 3 atom stereocenters. The van der Waals surface area contributed by atoms with Crippen LogP contribution in [0.2, 0.25) is 0 Å². The van der Waals surface area contributed by atoms with Gasteiger partial charge in [-0.3, -0.25) is 9.59 Å². The molecular formula is C28H36F3N3O6S. The van der Waals surface area contributed by atoms with E-state index >= 15 is 0 Å². The topological polar surface area (TPSA) is 116 Å². The number of aliphatic hydroxyl groups excluding tert-OH is 1. The van der Waals surface area contributed by atoms with Crippen LogP contribution in [0, 0.1) is 12.8 Å². The lowest BCUT2D eigenvalue weighted by atomic mass is 10.0. The highest BCUT2D eigenvalue weighted by Gasteiger charge is 2.34. The Morgan fingerprint density at radius 1 is 1.22 bits per heavy atom. The molecule has 0 aromatic heterocycles. The van der Waals surface area contributed by atoms with Crippen molar-refractivity contribution in [1.29, 1.82) is 0 Å². The largest absolute Gasteiger partial charge is 0.488 e. The molecule has 2 N–H and O–H groups in total. The van der Waals surface area contributed by atoms with Crippen LogP contribution in [0.1, 0.15) is 37.8 Å². The molecule has 9 nitrogen and oxygen atoms in total. The third-order valence-electron chi connectivity index (χ3n) is 7.00. The van der Waals surface area contributed by atoms with E-state index in [1.807, 2.05) is 13.8 Å². The summed E-state index contributed by atoms with van der Waals surface area (Å²) in [6, 6.07) is 10.3. The number of anilines is 1. The number of alkyl halides is 3. The third-order valence-corrected chi connectivity index (χ3v) is 8.84. The van der Waals surface area contributed by atoms with Crippen LogP contribution in [-0.2, 0) is 26.0 Å². The summed E-state index contributed by atoms with van der Waals surface area (Å²) in [6.45, 7) is 5.19. The number of fused-ring (bicyclic) bond motifs is 1. The minimum absolute atomic E-state index is 0.0533. The van der Waals surface area contributed by atoms with E-state index in [-0.39, 0.29) is 54.3 Å². The Morgan fingerprint density at radius 2 is 1.88 bits per heavy atom. The van der Waals surface area contributed by atoms with Gasteiger partial charge in [-0.15, -0.1) is 0 Å². The quantitative estimate of drug-likeness (QED) is 0.454. The maximum absolute atomic E-state index is 13.3. The Hall–Kier alpha value is -3.16. The van der Waals surface area contributed by atoms with Crippen LogP contribution in [0.3, 0.4) is 0 Å². The molecule has 2 aromatic carbocycles. The van der Waals surface area contributed by atoms with Gasteiger partial charge in [0.2, 0.25) is 21.8 Å². The summed E-state index contributed by atoms with van der Waals surface area (Å²) in [5.41, 5.74) is 1.47. The number of halogens is 3. The first-order valence-electron chi connectivity index (χ1n) is 13.2. The molecule has 0 saturated carbocycles. The first-order valence-corrected chi connectivity index (χ1v) is 14.6. The third kappa shape index (κ3) is 8.66. The van der Waals surface area contributed by atoms with Crippen molar-refractivity contribution < 1.29 is 41.0 Å². The van der Waals surface area contributed by atoms with Crippen molar-refractivity contribution in [2.75, 3.05) is 32.1 Å². The number of ether oxygens (including phenoxy) is 1. The van der Waals surface area contributed by atoms with Crippen molar-refractivity contribution in [1.82, 2.24) is 9.21 Å². The van der Waals surface area contributed by atoms with E-state index in [4.69, 9.17) is 4.74 Å². The molecule has 13 heteroatoms. The van der Waals surface area contributed by atoms with E-state index in [1.165, 1.54) is 46.6 Å². The second kappa shape index (κ2) is 13.2. The van der Waals surface area contributed by atoms with Crippen molar-refractivity contribution >= 4 is 27.5 Å². The van der Waals surface area contributed by atoms with Gasteiger partial charge in [0.1, 0.15) is 11.9 Å². The first-order chi connectivity index (χ1) is 19.1. The molecule has 0 aliphatic carbocycles. The molecule has 1 heterocycles.